The van der Waals surface area contributed by atoms with Gasteiger partial charge >= 0.3 is 12.2 Å². The third kappa shape index (κ3) is 8.70. The Labute approximate surface area is 259 Å². The van der Waals surface area contributed by atoms with E-state index in [-0.39, 0.29) is 43.5 Å². The quantitative estimate of drug-likeness (QED) is 0.290. The van der Waals surface area contributed by atoms with E-state index in [1.165, 1.54) is 0 Å². The van der Waals surface area contributed by atoms with E-state index in [1.807, 2.05) is 67.6 Å². The Hall–Kier alpha value is -3.22. The van der Waals surface area contributed by atoms with Crippen molar-refractivity contribution in [2.45, 2.75) is 82.8 Å². The highest BCUT2D eigenvalue weighted by Gasteiger charge is 2.44. The third-order valence-corrected chi connectivity index (χ3v) is 8.67. The summed E-state index contributed by atoms with van der Waals surface area (Å²) < 4.78 is 28.5. The third-order valence-electron chi connectivity index (χ3n) is 8.67. The van der Waals surface area contributed by atoms with Crippen LogP contribution < -0.4 is 10.7 Å². The fraction of sp³-hybridized carbons (Fsp3) is 0.576. The summed E-state index contributed by atoms with van der Waals surface area (Å²) in [4.78, 5) is 26.2. The first-order valence-electron chi connectivity index (χ1n) is 15.7. The summed E-state index contributed by atoms with van der Waals surface area (Å²) in [6.07, 6.45) is -0.423. The van der Waals surface area contributed by atoms with Crippen LogP contribution in [-0.4, -0.2) is 85.4 Å². The fourth-order valence-corrected chi connectivity index (χ4v) is 6.29. The number of rotatable bonds is 13. The van der Waals surface area contributed by atoms with Crippen molar-refractivity contribution in [2.75, 3.05) is 26.4 Å². The Morgan fingerprint density at radius 3 is 2.36 bits per heavy atom. The number of aliphatic hydroxyl groups excluding tert-OH is 1. The van der Waals surface area contributed by atoms with Crippen molar-refractivity contribution in [3.05, 3.63) is 71.8 Å². The summed E-state index contributed by atoms with van der Waals surface area (Å²) >= 11 is 0. The number of amides is 2. The van der Waals surface area contributed by atoms with Crippen LogP contribution >= 0.6 is 0 Å². The summed E-state index contributed by atoms with van der Waals surface area (Å²) in [7, 11) is 0. The van der Waals surface area contributed by atoms with Crippen LogP contribution in [0.1, 0.15) is 44.2 Å². The predicted molar refractivity (Wildman–Crippen MR) is 161 cm³/mol. The van der Waals surface area contributed by atoms with Gasteiger partial charge in [0.1, 0.15) is 12.2 Å². The molecule has 3 heterocycles. The van der Waals surface area contributed by atoms with Crippen molar-refractivity contribution in [3.63, 3.8) is 0 Å². The predicted octanol–water partition coefficient (Wildman–Crippen LogP) is 3.79. The van der Waals surface area contributed by atoms with Crippen LogP contribution in [0.15, 0.2) is 60.7 Å². The number of nitrogens with zero attached hydrogens (tertiary/aromatic N) is 1. The maximum absolute atomic E-state index is 13.1. The lowest BCUT2D eigenvalue weighted by atomic mass is 9.95. The van der Waals surface area contributed by atoms with Crippen molar-refractivity contribution in [2.24, 2.45) is 11.8 Å². The second-order valence-corrected chi connectivity index (χ2v) is 11.9. The number of hydrogen-bond acceptors (Lipinski definition) is 9. The molecule has 11 nitrogen and oxygen atoms in total. The summed E-state index contributed by atoms with van der Waals surface area (Å²) in [6, 6.07) is 18.5. The number of aliphatic hydroxyl groups is 1. The maximum Gasteiger partial charge on any atom is 0.422 e. The molecular formula is C33H45N3O8. The van der Waals surface area contributed by atoms with Crippen molar-refractivity contribution in [3.8, 4) is 0 Å². The van der Waals surface area contributed by atoms with E-state index < -0.39 is 30.4 Å². The number of carbonyl (C=O) groups excluding carboxylic acids is 2. The van der Waals surface area contributed by atoms with Gasteiger partial charge in [-0.2, -0.15) is 0 Å². The van der Waals surface area contributed by atoms with Gasteiger partial charge in [-0.1, -0.05) is 74.0 Å². The SMILES string of the molecule is CCCC1C(C)OCC1OC(=O)NN(Cc1ccccc1)CC(O)C(Cc1ccccc1)NC(=O)OC1COC2OCCC12. The van der Waals surface area contributed by atoms with Gasteiger partial charge in [-0.15, -0.1) is 0 Å². The fourth-order valence-electron chi connectivity index (χ4n) is 6.29. The lowest BCUT2D eigenvalue weighted by molar-refractivity contribution is -0.0907. The zero-order valence-electron chi connectivity index (χ0n) is 25.5. The van der Waals surface area contributed by atoms with Crippen LogP contribution in [0.5, 0.6) is 0 Å². The molecule has 3 N–H and O–H groups in total. The number of alkyl carbamates (subject to hydrolysis) is 1. The second-order valence-electron chi connectivity index (χ2n) is 11.9. The molecule has 8 atom stereocenters. The van der Waals surface area contributed by atoms with Gasteiger partial charge in [0.25, 0.3) is 0 Å². The molecular weight excluding hydrogens is 566 g/mol. The van der Waals surface area contributed by atoms with Gasteiger partial charge in [0, 0.05) is 19.0 Å². The molecule has 2 aromatic rings. The number of hydrazine groups is 1. The molecule has 0 saturated carbocycles. The Morgan fingerprint density at radius 2 is 1.64 bits per heavy atom. The van der Waals surface area contributed by atoms with Gasteiger partial charge in [0.2, 0.25) is 0 Å². The number of ether oxygens (including phenoxy) is 5. The zero-order chi connectivity index (χ0) is 30.9. The summed E-state index contributed by atoms with van der Waals surface area (Å²) in [5, 5.41) is 16.1. The molecule has 8 unspecified atom stereocenters. The second kappa shape index (κ2) is 15.7. The molecule has 11 heteroatoms. The molecule has 3 saturated heterocycles. The minimum Gasteiger partial charge on any atom is -0.443 e. The molecule has 240 valence electrons. The van der Waals surface area contributed by atoms with Crippen LogP contribution in [0.25, 0.3) is 0 Å². The first-order chi connectivity index (χ1) is 21.4. The van der Waals surface area contributed by atoms with Gasteiger partial charge in [-0.3, -0.25) is 5.43 Å². The van der Waals surface area contributed by atoms with Crippen molar-refractivity contribution in [1.29, 1.82) is 0 Å². The van der Waals surface area contributed by atoms with Gasteiger partial charge in [0.15, 0.2) is 6.29 Å². The van der Waals surface area contributed by atoms with Crippen LogP contribution in [0.4, 0.5) is 9.59 Å². The van der Waals surface area contributed by atoms with Gasteiger partial charge in [-0.25, -0.2) is 14.6 Å². The van der Waals surface area contributed by atoms with Gasteiger partial charge < -0.3 is 34.1 Å². The lowest BCUT2D eigenvalue weighted by Gasteiger charge is -2.31. The molecule has 3 aliphatic rings. The molecule has 3 fully saturated rings. The minimum atomic E-state index is -1.07. The van der Waals surface area contributed by atoms with Gasteiger partial charge in [-0.05, 0) is 37.3 Å². The molecule has 0 aromatic heterocycles. The van der Waals surface area contributed by atoms with E-state index in [2.05, 4.69) is 17.7 Å². The lowest BCUT2D eigenvalue weighted by Crippen LogP contribution is -2.54. The maximum atomic E-state index is 13.1. The van der Waals surface area contributed by atoms with Crippen LogP contribution in [0.3, 0.4) is 0 Å². The van der Waals surface area contributed by atoms with E-state index in [0.717, 1.165) is 30.4 Å². The zero-order valence-corrected chi connectivity index (χ0v) is 25.5. The molecule has 0 aliphatic carbocycles. The molecule has 2 amide bonds. The van der Waals surface area contributed by atoms with Crippen molar-refractivity contribution >= 4 is 12.2 Å². The highest BCUT2D eigenvalue weighted by Crippen LogP contribution is 2.33. The number of carbonyl (C=O) groups is 2. The van der Waals surface area contributed by atoms with Crippen LogP contribution in [-0.2, 0) is 36.6 Å². The number of nitrogens with one attached hydrogen (secondary N) is 2. The Balaban J connectivity index is 1.26. The molecule has 0 radical (unpaired) electrons. The first kappa shape index (κ1) is 32.2. The Kier molecular flexibility index (Phi) is 11.5. The summed E-state index contributed by atoms with van der Waals surface area (Å²) in [6.45, 7) is 5.63. The summed E-state index contributed by atoms with van der Waals surface area (Å²) in [5.41, 5.74) is 4.71. The molecule has 5 rings (SSSR count). The molecule has 2 aromatic carbocycles. The first-order valence-corrected chi connectivity index (χ1v) is 15.7. The highest BCUT2D eigenvalue weighted by molar-refractivity contribution is 5.68. The number of benzene rings is 2. The Morgan fingerprint density at radius 1 is 0.955 bits per heavy atom. The molecule has 0 spiro atoms. The average molecular weight is 612 g/mol. The highest BCUT2D eigenvalue weighted by atomic mass is 16.7. The molecule has 3 aliphatic heterocycles. The topological polar surface area (TPSA) is 128 Å². The van der Waals surface area contributed by atoms with Gasteiger partial charge in [0.05, 0.1) is 44.0 Å². The number of fused-ring (bicyclic) bond motifs is 1. The van der Waals surface area contributed by atoms with E-state index in [9.17, 15) is 14.7 Å². The standard InChI is InChI=1S/C33H45N3O8/c1-3-10-25-22(2)41-20-29(25)44-33(39)35-36(18-24-13-8-5-9-14-24)19-28(37)27(17-23-11-6-4-7-12-23)34-32(38)43-30-21-42-31-26(30)15-16-40-31/h4-9,11-14,22,25-31,37H,3,10,15-21H2,1-2H3,(H,34,38)(H,35,39). The molecule has 0 bridgehead atoms. The van der Waals surface area contributed by atoms with Crippen LogP contribution in [0.2, 0.25) is 0 Å². The number of hydrogen-bond donors (Lipinski definition) is 3. The minimum absolute atomic E-state index is 0.00000187. The largest absolute Gasteiger partial charge is 0.443 e. The van der Waals surface area contributed by atoms with E-state index >= 15 is 0 Å². The van der Waals surface area contributed by atoms with Crippen molar-refractivity contribution in [1.82, 2.24) is 15.8 Å². The monoisotopic (exact) mass is 611 g/mol. The molecule has 44 heavy (non-hydrogen) atoms. The van der Waals surface area contributed by atoms with E-state index in [0.29, 0.717) is 26.2 Å². The van der Waals surface area contributed by atoms with Crippen molar-refractivity contribution < 1.29 is 38.4 Å². The smallest absolute Gasteiger partial charge is 0.422 e. The normalized spacial score (nSPS) is 27.5. The van der Waals surface area contributed by atoms with Crippen LogP contribution in [0, 0.1) is 11.8 Å². The Bertz CT molecular complexity index is 1190. The van der Waals surface area contributed by atoms with E-state index in [4.69, 9.17) is 23.7 Å². The average Bonchev–Trinajstić information content (AvgIpc) is 3.72. The summed E-state index contributed by atoms with van der Waals surface area (Å²) in [5.74, 6) is 0.126. The van der Waals surface area contributed by atoms with E-state index in [1.54, 1.807) is 5.01 Å².